The first-order valence-electron chi connectivity index (χ1n) is 11.0. The van der Waals surface area contributed by atoms with Crippen molar-refractivity contribution in [3.8, 4) is 0 Å². The van der Waals surface area contributed by atoms with Crippen LogP contribution in [0.5, 0.6) is 0 Å². The third-order valence-electron chi connectivity index (χ3n) is 7.83. The maximum Gasteiger partial charge on any atom is 0.256 e. The number of nitrogens with one attached hydrogen (secondary N) is 1. The molecule has 2 N–H and O–H groups in total. The van der Waals surface area contributed by atoms with Crippen LogP contribution in [0.4, 0.5) is 11.8 Å². The molecule has 7 nitrogen and oxygen atoms in total. The van der Waals surface area contributed by atoms with Crippen LogP contribution < -0.4 is 15.1 Å². The van der Waals surface area contributed by atoms with Crippen LogP contribution in [0, 0.1) is 17.8 Å². The number of amides is 1. The Morgan fingerprint density at radius 3 is 2.32 bits per heavy atom. The standard InChI is InChI=1S/C21H29N5O2/c27-19(23-17-14-7-13-8-15(17)11-21(28,9-13)10-14)16-12-22-20(26-5-2-6-26)24-18(16)25-3-1-4-25/h12-15,17,28H,1-11H2,(H,23,27)/t13?,14?,15?,17-,21+. The van der Waals surface area contributed by atoms with Crippen LogP contribution in [-0.4, -0.2) is 58.8 Å². The fourth-order valence-electron chi connectivity index (χ4n) is 6.41. The highest BCUT2D eigenvalue weighted by atomic mass is 16.3. The van der Waals surface area contributed by atoms with Crippen molar-refractivity contribution in [2.24, 2.45) is 17.8 Å². The smallest absolute Gasteiger partial charge is 0.256 e. The Bertz CT molecular complexity index is 790. The zero-order chi connectivity index (χ0) is 18.9. The highest BCUT2D eigenvalue weighted by molar-refractivity contribution is 5.99. The van der Waals surface area contributed by atoms with Crippen LogP contribution in [0.15, 0.2) is 6.20 Å². The number of carbonyl (C=O) groups is 1. The predicted molar refractivity (Wildman–Crippen MR) is 105 cm³/mol. The van der Waals surface area contributed by atoms with Crippen molar-refractivity contribution in [1.29, 1.82) is 0 Å². The van der Waals surface area contributed by atoms with Crippen molar-refractivity contribution in [1.82, 2.24) is 15.3 Å². The molecule has 0 aromatic carbocycles. The van der Waals surface area contributed by atoms with E-state index in [1.54, 1.807) is 6.20 Å². The van der Waals surface area contributed by atoms with Crippen molar-refractivity contribution in [2.75, 3.05) is 36.0 Å². The molecule has 0 spiro atoms. The van der Waals surface area contributed by atoms with Crippen molar-refractivity contribution < 1.29 is 9.90 Å². The van der Waals surface area contributed by atoms with Crippen LogP contribution in [0.2, 0.25) is 0 Å². The second-order valence-corrected chi connectivity index (χ2v) is 9.78. The van der Waals surface area contributed by atoms with Gasteiger partial charge in [-0.2, -0.15) is 4.98 Å². The Labute approximate surface area is 165 Å². The number of aliphatic hydroxyl groups is 1. The zero-order valence-corrected chi connectivity index (χ0v) is 16.3. The molecule has 6 fully saturated rings. The van der Waals surface area contributed by atoms with Gasteiger partial charge in [-0.1, -0.05) is 0 Å². The summed E-state index contributed by atoms with van der Waals surface area (Å²) in [6, 6.07) is 0.184. The van der Waals surface area contributed by atoms with Crippen LogP contribution in [0.3, 0.4) is 0 Å². The second kappa shape index (κ2) is 6.05. The lowest BCUT2D eigenvalue weighted by atomic mass is 9.52. The molecule has 7 rings (SSSR count). The van der Waals surface area contributed by atoms with Crippen molar-refractivity contribution in [3.63, 3.8) is 0 Å². The first kappa shape index (κ1) is 17.0. The minimum Gasteiger partial charge on any atom is -0.390 e. The van der Waals surface area contributed by atoms with Gasteiger partial charge in [0.05, 0.1) is 5.60 Å². The van der Waals surface area contributed by atoms with Gasteiger partial charge in [0.15, 0.2) is 0 Å². The Morgan fingerprint density at radius 2 is 1.75 bits per heavy atom. The number of aromatic nitrogens is 2. The topological polar surface area (TPSA) is 81.6 Å². The number of carbonyl (C=O) groups excluding carboxylic acids is 1. The third kappa shape index (κ3) is 2.62. The quantitative estimate of drug-likeness (QED) is 0.821. The van der Waals surface area contributed by atoms with Gasteiger partial charge in [0.1, 0.15) is 11.4 Å². The molecule has 4 aliphatic carbocycles. The van der Waals surface area contributed by atoms with E-state index in [4.69, 9.17) is 4.98 Å². The first-order valence-corrected chi connectivity index (χ1v) is 11.0. The fraction of sp³-hybridized carbons (Fsp3) is 0.762. The molecule has 4 saturated carbocycles. The van der Waals surface area contributed by atoms with E-state index >= 15 is 0 Å². The molecule has 150 valence electrons. The molecule has 1 aromatic rings. The molecule has 3 heterocycles. The Morgan fingerprint density at radius 1 is 1.07 bits per heavy atom. The SMILES string of the molecule is O=C(N[C@H]1C2CC3CC1C[C@@](O)(C3)C2)c1cnc(N2CCC2)nc1N1CCC1. The highest BCUT2D eigenvalue weighted by Crippen LogP contribution is 2.55. The van der Waals surface area contributed by atoms with E-state index < -0.39 is 5.60 Å². The monoisotopic (exact) mass is 383 g/mol. The van der Waals surface area contributed by atoms with E-state index in [0.29, 0.717) is 23.3 Å². The van der Waals surface area contributed by atoms with Crippen molar-refractivity contribution in [3.05, 3.63) is 11.8 Å². The van der Waals surface area contributed by atoms with Crippen LogP contribution >= 0.6 is 0 Å². The molecular formula is C21H29N5O2. The van der Waals surface area contributed by atoms with Gasteiger partial charge in [-0.05, 0) is 62.7 Å². The largest absolute Gasteiger partial charge is 0.390 e. The molecule has 4 bridgehead atoms. The molecule has 2 unspecified atom stereocenters. The van der Waals surface area contributed by atoms with E-state index in [0.717, 1.165) is 76.5 Å². The van der Waals surface area contributed by atoms with Gasteiger partial charge in [0, 0.05) is 38.4 Å². The van der Waals surface area contributed by atoms with Gasteiger partial charge in [0.25, 0.3) is 5.91 Å². The third-order valence-corrected chi connectivity index (χ3v) is 7.83. The zero-order valence-electron chi connectivity index (χ0n) is 16.3. The van der Waals surface area contributed by atoms with E-state index in [2.05, 4.69) is 20.1 Å². The minimum absolute atomic E-state index is 0.0403. The van der Waals surface area contributed by atoms with E-state index in [-0.39, 0.29) is 11.9 Å². The Hall–Kier alpha value is -1.89. The van der Waals surface area contributed by atoms with Crippen LogP contribution in [0.1, 0.15) is 55.3 Å². The normalized spacial score (nSPS) is 38.2. The number of hydrogen-bond donors (Lipinski definition) is 2. The number of rotatable bonds is 4. The molecule has 6 aliphatic rings. The summed E-state index contributed by atoms with van der Waals surface area (Å²) in [5, 5.41) is 14.1. The van der Waals surface area contributed by atoms with Gasteiger partial charge in [0.2, 0.25) is 5.95 Å². The average Bonchev–Trinajstić information content (AvgIpc) is 2.53. The minimum atomic E-state index is -0.470. The second-order valence-electron chi connectivity index (χ2n) is 9.78. The van der Waals surface area contributed by atoms with E-state index in [9.17, 15) is 9.90 Å². The van der Waals surface area contributed by atoms with Gasteiger partial charge < -0.3 is 20.2 Å². The Kier molecular flexibility index (Phi) is 3.68. The number of hydrogen-bond acceptors (Lipinski definition) is 6. The summed E-state index contributed by atoms with van der Waals surface area (Å²) in [6.07, 6.45) is 9.00. The molecule has 2 saturated heterocycles. The molecule has 28 heavy (non-hydrogen) atoms. The fourth-order valence-corrected chi connectivity index (χ4v) is 6.41. The summed E-state index contributed by atoms with van der Waals surface area (Å²) in [7, 11) is 0. The molecular weight excluding hydrogens is 354 g/mol. The van der Waals surface area contributed by atoms with Crippen molar-refractivity contribution in [2.45, 2.75) is 56.6 Å². The maximum absolute atomic E-state index is 13.3. The molecule has 2 aliphatic heterocycles. The van der Waals surface area contributed by atoms with Gasteiger partial charge in [-0.3, -0.25) is 4.79 Å². The maximum atomic E-state index is 13.3. The lowest BCUT2D eigenvalue weighted by Gasteiger charge is -2.58. The molecule has 1 amide bonds. The summed E-state index contributed by atoms with van der Waals surface area (Å²) in [6.45, 7) is 3.92. The van der Waals surface area contributed by atoms with Crippen molar-refractivity contribution >= 4 is 17.7 Å². The molecule has 0 radical (unpaired) electrons. The summed E-state index contributed by atoms with van der Waals surface area (Å²) in [4.78, 5) is 26.9. The van der Waals surface area contributed by atoms with Crippen LogP contribution in [-0.2, 0) is 0 Å². The number of nitrogens with zero attached hydrogens (tertiary/aromatic N) is 4. The van der Waals surface area contributed by atoms with Gasteiger partial charge in [-0.25, -0.2) is 4.98 Å². The highest BCUT2D eigenvalue weighted by Gasteiger charge is 2.55. The average molecular weight is 383 g/mol. The molecule has 7 heteroatoms. The number of anilines is 2. The van der Waals surface area contributed by atoms with E-state index in [1.165, 1.54) is 6.42 Å². The van der Waals surface area contributed by atoms with Gasteiger partial charge >= 0.3 is 0 Å². The first-order chi connectivity index (χ1) is 13.6. The van der Waals surface area contributed by atoms with Crippen LogP contribution in [0.25, 0.3) is 0 Å². The molecule has 2 atom stereocenters. The lowest BCUT2D eigenvalue weighted by molar-refractivity contribution is -0.136. The Balaban J connectivity index is 1.25. The van der Waals surface area contributed by atoms with E-state index in [1.807, 2.05) is 0 Å². The van der Waals surface area contributed by atoms with Gasteiger partial charge in [-0.15, -0.1) is 0 Å². The summed E-state index contributed by atoms with van der Waals surface area (Å²) < 4.78 is 0. The summed E-state index contributed by atoms with van der Waals surface area (Å²) >= 11 is 0. The molecule has 1 aromatic heterocycles. The summed E-state index contributed by atoms with van der Waals surface area (Å²) in [5.41, 5.74) is 0.138. The summed E-state index contributed by atoms with van der Waals surface area (Å²) in [5.74, 6) is 2.97. The predicted octanol–water partition coefficient (Wildman–Crippen LogP) is 1.57. The lowest BCUT2D eigenvalue weighted by Crippen LogP contribution is -2.61.